The summed E-state index contributed by atoms with van der Waals surface area (Å²) in [5, 5.41) is 7.16. The van der Waals surface area contributed by atoms with Crippen molar-refractivity contribution in [3.8, 4) is 11.5 Å². The Bertz CT molecular complexity index is 751. The standard InChI is InChI=1S/C18H23N3O4/c1-4-24-14-8-7-13(11-15(14)23-3)16(22)20-18(9-5-6-10-18)17-19-12(2)25-21-17/h7-8,11H,4-6,9-10H2,1-3H3,(H,20,22). The van der Waals surface area contributed by atoms with Gasteiger partial charge >= 0.3 is 0 Å². The van der Waals surface area contributed by atoms with Gasteiger partial charge < -0.3 is 19.3 Å². The Morgan fingerprint density at radius 2 is 2.08 bits per heavy atom. The van der Waals surface area contributed by atoms with E-state index in [2.05, 4.69) is 15.5 Å². The van der Waals surface area contributed by atoms with Crippen molar-refractivity contribution in [2.24, 2.45) is 0 Å². The fourth-order valence-corrected chi connectivity index (χ4v) is 3.25. The van der Waals surface area contributed by atoms with Gasteiger partial charge in [0.05, 0.1) is 13.7 Å². The molecule has 1 fully saturated rings. The minimum absolute atomic E-state index is 0.189. The SMILES string of the molecule is CCOc1ccc(C(=O)NC2(c3noc(C)n3)CCCC2)cc1OC. The highest BCUT2D eigenvalue weighted by Gasteiger charge is 2.41. The molecule has 1 saturated carbocycles. The zero-order valence-corrected chi connectivity index (χ0v) is 14.8. The third-order valence-corrected chi connectivity index (χ3v) is 4.49. The second kappa shape index (κ2) is 7.13. The van der Waals surface area contributed by atoms with Crippen LogP contribution >= 0.6 is 0 Å². The molecule has 0 aliphatic heterocycles. The van der Waals surface area contributed by atoms with Crippen molar-refractivity contribution < 1.29 is 18.8 Å². The van der Waals surface area contributed by atoms with Crippen LogP contribution in [0.1, 0.15) is 54.7 Å². The Hall–Kier alpha value is -2.57. The second-order valence-corrected chi connectivity index (χ2v) is 6.18. The summed E-state index contributed by atoms with van der Waals surface area (Å²) in [6.07, 6.45) is 3.62. The van der Waals surface area contributed by atoms with E-state index >= 15 is 0 Å². The zero-order valence-electron chi connectivity index (χ0n) is 14.8. The normalized spacial score (nSPS) is 15.8. The predicted octanol–water partition coefficient (Wildman–Crippen LogP) is 2.98. The van der Waals surface area contributed by atoms with E-state index in [9.17, 15) is 4.79 Å². The molecule has 0 spiro atoms. The minimum atomic E-state index is -0.569. The molecule has 0 saturated heterocycles. The summed E-state index contributed by atoms with van der Waals surface area (Å²) in [5.41, 5.74) is -0.0625. The number of aromatic nitrogens is 2. The number of ether oxygens (including phenoxy) is 2. The molecule has 1 amide bonds. The van der Waals surface area contributed by atoms with E-state index in [1.54, 1.807) is 32.2 Å². The number of amides is 1. The van der Waals surface area contributed by atoms with E-state index in [1.165, 1.54) is 0 Å². The highest BCUT2D eigenvalue weighted by molar-refractivity contribution is 5.95. The number of rotatable bonds is 6. The van der Waals surface area contributed by atoms with Crippen LogP contribution in [0.25, 0.3) is 0 Å². The molecule has 1 aliphatic carbocycles. The maximum atomic E-state index is 12.8. The van der Waals surface area contributed by atoms with Crippen LogP contribution in [0.5, 0.6) is 11.5 Å². The molecule has 1 aliphatic rings. The van der Waals surface area contributed by atoms with Gasteiger partial charge in [0.1, 0.15) is 5.54 Å². The van der Waals surface area contributed by atoms with Crippen LogP contribution in [-0.4, -0.2) is 29.8 Å². The molecule has 0 bridgehead atoms. The largest absolute Gasteiger partial charge is 0.493 e. The topological polar surface area (TPSA) is 86.5 Å². The third kappa shape index (κ3) is 3.45. The van der Waals surface area contributed by atoms with E-state index in [0.29, 0.717) is 35.4 Å². The van der Waals surface area contributed by atoms with Crippen LogP contribution in [0, 0.1) is 6.92 Å². The van der Waals surface area contributed by atoms with Crippen LogP contribution in [-0.2, 0) is 5.54 Å². The predicted molar refractivity (Wildman–Crippen MR) is 90.8 cm³/mol. The van der Waals surface area contributed by atoms with Gasteiger partial charge in [0.2, 0.25) is 5.89 Å². The van der Waals surface area contributed by atoms with Crippen LogP contribution < -0.4 is 14.8 Å². The van der Waals surface area contributed by atoms with Crippen LogP contribution in [0.3, 0.4) is 0 Å². The zero-order chi connectivity index (χ0) is 17.9. The molecular formula is C18H23N3O4. The van der Waals surface area contributed by atoms with Crippen molar-refractivity contribution in [3.05, 3.63) is 35.5 Å². The van der Waals surface area contributed by atoms with E-state index in [4.69, 9.17) is 14.0 Å². The Balaban J connectivity index is 1.85. The van der Waals surface area contributed by atoms with Crippen molar-refractivity contribution in [1.82, 2.24) is 15.5 Å². The van der Waals surface area contributed by atoms with Gasteiger partial charge in [-0.15, -0.1) is 0 Å². The highest BCUT2D eigenvalue weighted by Crippen LogP contribution is 2.38. The maximum absolute atomic E-state index is 12.8. The first-order chi connectivity index (χ1) is 12.1. The van der Waals surface area contributed by atoms with Crippen molar-refractivity contribution in [2.45, 2.75) is 45.1 Å². The Kier molecular flexibility index (Phi) is 4.92. The van der Waals surface area contributed by atoms with E-state index in [0.717, 1.165) is 25.7 Å². The highest BCUT2D eigenvalue weighted by atomic mass is 16.5. The first-order valence-corrected chi connectivity index (χ1v) is 8.52. The molecule has 1 heterocycles. The average Bonchev–Trinajstić information content (AvgIpc) is 3.25. The van der Waals surface area contributed by atoms with Crippen molar-refractivity contribution in [3.63, 3.8) is 0 Å². The van der Waals surface area contributed by atoms with Gasteiger partial charge in [0, 0.05) is 12.5 Å². The lowest BCUT2D eigenvalue weighted by atomic mass is 9.96. The fourth-order valence-electron chi connectivity index (χ4n) is 3.25. The van der Waals surface area contributed by atoms with Crippen LogP contribution in [0.2, 0.25) is 0 Å². The lowest BCUT2D eigenvalue weighted by molar-refractivity contribution is 0.0891. The number of carbonyl (C=O) groups excluding carboxylic acids is 1. The lowest BCUT2D eigenvalue weighted by Gasteiger charge is -2.27. The smallest absolute Gasteiger partial charge is 0.252 e. The molecule has 0 atom stereocenters. The van der Waals surface area contributed by atoms with Gasteiger partial charge in [-0.1, -0.05) is 18.0 Å². The Labute approximate surface area is 146 Å². The third-order valence-electron chi connectivity index (χ3n) is 4.49. The quantitative estimate of drug-likeness (QED) is 0.866. The van der Waals surface area contributed by atoms with Crippen molar-refractivity contribution in [1.29, 1.82) is 0 Å². The first kappa shape index (κ1) is 17.3. The number of hydrogen-bond donors (Lipinski definition) is 1. The number of methoxy groups -OCH3 is 1. The monoisotopic (exact) mass is 345 g/mol. The number of benzene rings is 1. The number of nitrogens with zero attached hydrogens (tertiary/aromatic N) is 2. The molecule has 7 nitrogen and oxygen atoms in total. The summed E-state index contributed by atoms with van der Waals surface area (Å²) in [6, 6.07) is 5.16. The maximum Gasteiger partial charge on any atom is 0.252 e. The molecule has 0 unspecified atom stereocenters. The summed E-state index contributed by atoms with van der Waals surface area (Å²) in [4.78, 5) is 17.2. The first-order valence-electron chi connectivity index (χ1n) is 8.52. The van der Waals surface area contributed by atoms with E-state index in [1.807, 2.05) is 6.92 Å². The molecule has 134 valence electrons. The molecule has 2 aromatic rings. The molecule has 1 N–H and O–H groups in total. The molecular weight excluding hydrogens is 322 g/mol. The summed E-state index contributed by atoms with van der Waals surface area (Å²) in [6.45, 7) is 4.18. The van der Waals surface area contributed by atoms with Gasteiger partial charge in [0.25, 0.3) is 5.91 Å². The summed E-state index contributed by atoms with van der Waals surface area (Å²) in [5.74, 6) is 2.01. The molecule has 0 radical (unpaired) electrons. The van der Waals surface area contributed by atoms with Gasteiger partial charge in [-0.2, -0.15) is 4.98 Å². The second-order valence-electron chi connectivity index (χ2n) is 6.18. The summed E-state index contributed by atoms with van der Waals surface area (Å²) >= 11 is 0. The van der Waals surface area contributed by atoms with Gasteiger partial charge in [-0.25, -0.2) is 0 Å². The number of hydrogen-bond acceptors (Lipinski definition) is 6. The molecule has 25 heavy (non-hydrogen) atoms. The number of aryl methyl sites for hydroxylation is 1. The van der Waals surface area contributed by atoms with Crippen LogP contribution in [0.4, 0.5) is 0 Å². The number of carbonyl (C=O) groups is 1. The Morgan fingerprint density at radius 3 is 2.68 bits per heavy atom. The molecule has 1 aromatic carbocycles. The van der Waals surface area contributed by atoms with Gasteiger partial charge in [-0.05, 0) is 38.0 Å². The fraction of sp³-hybridized carbons (Fsp3) is 0.500. The molecule has 1 aromatic heterocycles. The molecule has 7 heteroatoms. The average molecular weight is 345 g/mol. The Morgan fingerprint density at radius 1 is 1.32 bits per heavy atom. The van der Waals surface area contributed by atoms with E-state index < -0.39 is 5.54 Å². The minimum Gasteiger partial charge on any atom is -0.493 e. The summed E-state index contributed by atoms with van der Waals surface area (Å²) < 4.78 is 15.9. The van der Waals surface area contributed by atoms with Crippen molar-refractivity contribution in [2.75, 3.05) is 13.7 Å². The molecule has 3 rings (SSSR count). The van der Waals surface area contributed by atoms with Gasteiger partial charge in [0.15, 0.2) is 17.3 Å². The van der Waals surface area contributed by atoms with Crippen molar-refractivity contribution >= 4 is 5.91 Å². The lowest BCUT2D eigenvalue weighted by Crippen LogP contribution is -2.44. The summed E-state index contributed by atoms with van der Waals surface area (Å²) in [7, 11) is 1.56. The van der Waals surface area contributed by atoms with E-state index in [-0.39, 0.29) is 5.91 Å². The van der Waals surface area contributed by atoms with Crippen LogP contribution in [0.15, 0.2) is 22.7 Å². The number of nitrogens with one attached hydrogen (secondary N) is 1. The van der Waals surface area contributed by atoms with Gasteiger partial charge in [-0.3, -0.25) is 4.79 Å².